The molecular weight excluding hydrogens is 417 g/mol. The molecule has 168 valence electrons. The molecule has 0 bridgehead atoms. The summed E-state index contributed by atoms with van der Waals surface area (Å²) in [6.07, 6.45) is 2.58. The fourth-order valence-corrected chi connectivity index (χ4v) is 4.94. The van der Waals surface area contributed by atoms with E-state index in [1.807, 2.05) is 31.3 Å². The first-order valence-electron chi connectivity index (χ1n) is 10.8. The highest BCUT2D eigenvalue weighted by Gasteiger charge is 2.34. The third-order valence-electron chi connectivity index (χ3n) is 6.36. The van der Waals surface area contributed by atoms with Crippen LogP contribution >= 0.6 is 0 Å². The Bertz CT molecular complexity index is 908. The van der Waals surface area contributed by atoms with Crippen molar-refractivity contribution in [1.29, 1.82) is 0 Å². The van der Waals surface area contributed by atoms with Crippen LogP contribution in [0.15, 0.2) is 42.5 Å². The van der Waals surface area contributed by atoms with Crippen molar-refractivity contribution in [1.82, 2.24) is 10.0 Å². The molecule has 0 radical (unpaired) electrons. The monoisotopic (exact) mass is 446 g/mol. The Morgan fingerprint density at radius 3 is 2.74 bits per heavy atom. The van der Waals surface area contributed by atoms with Gasteiger partial charge in [0.05, 0.1) is 5.69 Å². The fourth-order valence-electron chi connectivity index (χ4n) is 4.63. The molecule has 2 aromatic carbocycles. The SMILES string of the molecule is CNC1COc2cc(F)c(N3CC(CCCNS(=O)[O-])C3)cc2C1Cc1ccccc1. The van der Waals surface area contributed by atoms with Gasteiger partial charge in [0.25, 0.3) is 0 Å². The number of likely N-dealkylation sites (N-methyl/N-ethyl adjacent to an activating group) is 1. The van der Waals surface area contributed by atoms with Gasteiger partial charge in [-0.3, -0.25) is 4.21 Å². The number of hydrogen-bond donors (Lipinski definition) is 2. The molecule has 2 heterocycles. The lowest BCUT2D eigenvalue weighted by Crippen LogP contribution is -2.47. The Balaban J connectivity index is 1.47. The van der Waals surface area contributed by atoms with Crippen molar-refractivity contribution in [2.75, 3.05) is 38.2 Å². The largest absolute Gasteiger partial charge is 0.760 e. The van der Waals surface area contributed by atoms with Gasteiger partial charge in [-0.2, -0.15) is 0 Å². The van der Waals surface area contributed by atoms with E-state index in [2.05, 4.69) is 27.1 Å². The number of halogens is 1. The number of hydrogen-bond acceptors (Lipinski definition) is 5. The highest BCUT2D eigenvalue weighted by Crippen LogP contribution is 2.41. The zero-order valence-corrected chi connectivity index (χ0v) is 18.5. The second-order valence-corrected chi connectivity index (χ2v) is 9.14. The van der Waals surface area contributed by atoms with E-state index in [-0.39, 0.29) is 17.8 Å². The van der Waals surface area contributed by atoms with Gasteiger partial charge in [0.2, 0.25) is 0 Å². The van der Waals surface area contributed by atoms with Crippen LogP contribution in [0.2, 0.25) is 0 Å². The van der Waals surface area contributed by atoms with Crippen LogP contribution in [0.3, 0.4) is 0 Å². The zero-order chi connectivity index (χ0) is 21.8. The average molecular weight is 447 g/mol. The summed E-state index contributed by atoms with van der Waals surface area (Å²) in [7, 11) is 1.94. The topological polar surface area (TPSA) is 76.7 Å². The molecule has 0 spiro atoms. The molecule has 2 N–H and O–H groups in total. The van der Waals surface area contributed by atoms with Crippen LogP contribution in [0.5, 0.6) is 5.75 Å². The Morgan fingerprint density at radius 2 is 2.03 bits per heavy atom. The molecule has 1 saturated heterocycles. The normalized spacial score (nSPS) is 21.8. The molecule has 4 rings (SSSR count). The fraction of sp³-hybridized carbons (Fsp3) is 0.478. The summed E-state index contributed by atoms with van der Waals surface area (Å²) in [5.41, 5.74) is 2.94. The summed E-state index contributed by atoms with van der Waals surface area (Å²) in [6.45, 7) is 2.54. The number of benzene rings is 2. The highest BCUT2D eigenvalue weighted by molar-refractivity contribution is 7.77. The van der Waals surface area contributed by atoms with Crippen molar-refractivity contribution < 1.29 is 17.9 Å². The average Bonchev–Trinajstić information content (AvgIpc) is 2.73. The molecule has 0 aliphatic carbocycles. The van der Waals surface area contributed by atoms with Crippen LogP contribution in [0.4, 0.5) is 10.1 Å². The summed E-state index contributed by atoms with van der Waals surface area (Å²) in [5, 5.41) is 3.37. The van der Waals surface area contributed by atoms with Gasteiger partial charge in [0.1, 0.15) is 18.2 Å². The molecule has 1 fully saturated rings. The summed E-state index contributed by atoms with van der Waals surface area (Å²) in [4.78, 5) is 2.07. The van der Waals surface area contributed by atoms with Crippen molar-refractivity contribution in [3.63, 3.8) is 0 Å². The first-order chi connectivity index (χ1) is 15.0. The van der Waals surface area contributed by atoms with E-state index in [4.69, 9.17) is 4.74 Å². The van der Waals surface area contributed by atoms with Gasteiger partial charge in [-0.15, -0.1) is 0 Å². The van der Waals surface area contributed by atoms with Gasteiger partial charge in [0, 0.05) is 54.5 Å². The minimum absolute atomic E-state index is 0.161. The maximum Gasteiger partial charge on any atom is 0.150 e. The van der Waals surface area contributed by atoms with E-state index >= 15 is 0 Å². The predicted molar refractivity (Wildman–Crippen MR) is 119 cm³/mol. The standard InChI is InChI=1S/C23H30FN3O3S/c1-25-21-15-30-23-12-20(24)22(27-13-17(14-27)8-5-9-26-31(28)29)11-19(23)18(21)10-16-6-3-2-4-7-16/h2-4,6-7,11-12,17-18,21,25-26H,5,8-10,13-15H2,1H3,(H,28,29)/p-1. The maximum atomic E-state index is 14.9. The summed E-state index contributed by atoms with van der Waals surface area (Å²) >= 11 is -2.20. The van der Waals surface area contributed by atoms with E-state index in [1.54, 1.807) is 0 Å². The van der Waals surface area contributed by atoms with E-state index in [9.17, 15) is 13.2 Å². The van der Waals surface area contributed by atoms with Crippen LogP contribution in [0.25, 0.3) is 0 Å². The van der Waals surface area contributed by atoms with E-state index in [0.29, 0.717) is 30.5 Å². The summed E-state index contributed by atoms with van der Waals surface area (Å²) in [5.74, 6) is 1.05. The summed E-state index contributed by atoms with van der Waals surface area (Å²) in [6, 6.07) is 14.0. The van der Waals surface area contributed by atoms with Crippen LogP contribution in [0.1, 0.15) is 29.9 Å². The lowest BCUT2D eigenvalue weighted by Gasteiger charge is -2.42. The Hall–Kier alpha value is -2.00. The molecule has 2 aromatic rings. The van der Waals surface area contributed by atoms with Gasteiger partial charge in [0.15, 0.2) is 0 Å². The molecular formula is C23H29FN3O3S-. The lowest BCUT2D eigenvalue weighted by atomic mass is 9.83. The molecule has 2 aliphatic rings. The maximum absolute atomic E-state index is 14.9. The van der Waals surface area contributed by atoms with Gasteiger partial charge >= 0.3 is 0 Å². The number of anilines is 1. The van der Waals surface area contributed by atoms with Gasteiger partial charge in [-0.25, -0.2) is 9.11 Å². The molecule has 0 aromatic heterocycles. The predicted octanol–water partition coefficient (Wildman–Crippen LogP) is 2.73. The van der Waals surface area contributed by atoms with Crippen LogP contribution in [-0.2, 0) is 17.7 Å². The lowest BCUT2D eigenvalue weighted by molar-refractivity contribution is 0.217. The van der Waals surface area contributed by atoms with Crippen molar-refractivity contribution in [2.24, 2.45) is 5.92 Å². The van der Waals surface area contributed by atoms with E-state index < -0.39 is 11.3 Å². The Morgan fingerprint density at radius 1 is 1.26 bits per heavy atom. The molecule has 0 amide bonds. The van der Waals surface area contributed by atoms with Crippen molar-refractivity contribution in [3.8, 4) is 5.75 Å². The molecule has 3 unspecified atom stereocenters. The quantitative estimate of drug-likeness (QED) is 0.458. The third kappa shape index (κ3) is 5.26. The number of nitrogens with one attached hydrogen (secondary N) is 2. The van der Waals surface area contributed by atoms with E-state index in [1.165, 1.54) is 11.6 Å². The van der Waals surface area contributed by atoms with E-state index in [0.717, 1.165) is 37.9 Å². The highest BCUT2D eigenvalue weighted by atomic mass is 32.2. The number of ether oxygens (including phenoxy) is 1. The minimum Gasteiger partial charge on any atom is -0.760 e. The molecule has 3 atom stereocenters. The van der Waals surface area contributed by atoms with Crippen LogP contribution < -0.4 is 19.7 Å². The van der Waals surface area contributed by atoms with Crippen molar-refractivity contribution in [3.05, 3.63) is 59.4 Å². The molecule has 2 aliphatic heterocycles. The van der Waals surface area contributed by atoms with Gasteiger partial charge < -0.3 is 19.5 Å². The zero-order valence-electron chi connectivity index (χ0n) is 17.7. The number of rotatable bonds is 9. The van der Waals surface area contributed by atoms with Crippen molar-refractivity contribution >= 4 is 17.0 Å². The van der Waals surface area contributed by atoms with Gasteiger partial charge in [-0.1, -0.05) is 30.3 Å². The first-order valence-corrected chi connectivity index (χ1v) is 11.9. The van der Waals surface area contributed by atoms with Crippen LogP contribution in [-0.4, -0.2) is 48.1 Å². The third-order valence-corrected chi connectivity index (χ3v) is 6.80. The second-order valence-electron chi connectivity index (χ2n) is 8.39. The number of nitrogens with zero attached hydrogens (tertiary/aromatic N) is 1. The molecule has 6 nitrogen and oxygen atoms in total. The minimum atomic E-state index is -2.20. The van der Waals surface area contributed by atoms with Crippen LogP contribution in [0, 0.1) is 11.7 Å². The van der Waals surface area contributed by atoms with Gasteiger partial charge in [-0.05, 0) is 43.9 Å². The smallest absolute Gasteiger partial charge is 0.150 e. The Labute approximate surface area is 185 Å². The summed E-state index contributed by atoms with van der Waals surface area (Å²) < 4.78 is 44.2. The second kappa shape index (κ2) is 10.1. The van der Waals surface area contributed by atoms with Crippen molar-refractivity contribution in [2.45, 2.75) is 31.2 Å². The Kier molecular flexibility index (Phi) is 7.22. The molecule has 8 heteroatoms. The number of fused-ring (bicyclic) bond motifs is 1. The first kappa shape index (κ1) is 22.2. The molecule has 0 saturated carbocycles. The molecule has 31 heavy (non-hydrogen) atoms.